The molecule has 0 aliphatic heterocycles. The van der Waals surface area contributed by atoms with Gasteiger partial charge in [0.1, 0.15) is 10.6 Å². The second-order valence-corrected chi connectivity index (χ2v) is 4.34. The first-order chi connectivity index (χ1) is 9.12. The minimum atomic E-state index is -0.956. The summed E-state index contributed by atoms with van der Waals surface area (Å²) >= 11 is 1.14. The van der Waals surface area contributed by atoms with Crippen LogP contribution in [0.1, 0.15) is 27.1 Å². The van der Waals surface area contributed by atoms with Crippen molar-refractivity contribution in [2.75, 3.05) is 0 Å². The van der Waals surface area contributed by atoms with Crippen molar-refractivity contribution in [1.29, 1.82) is 5.26 Å². The van der Waals surface area contributed by atoms with Crippen molar-refractivity contribution in [3.63, 3.8) is 0 Å². The van der Waals surface area contributed by atoms with Gasteiger partial charge in [0.05, 0.1) is 16.6 Å². The Kier molecular flexibility index (Phi) is 5.38. The molecule has 1 N–H and O–H groups in total. The van der Waals surface area contributed by atoms with Crippen LogP contribution in [-0.4, -0.2) is 22.3 Å². The Balaban J connectivity index is 0.000000550. The summed E-state index contributed by atoms with van der Waals surface area (Å²) in [6, 6.07) is 10.0. The first kappa shape index (κ1) is 14.5. The molecule has 0 aliphatic carbocycles. The number of hydrogen-bond acceptors (Lipinski definition) is 5. The molecule has 0 saturated heterocycles. The number of rotatable bonds is 3. The second kappa shape index (κ2) is 7.03. The number of thiophene rings is 1. The molecule has 2 rings (SSSR count). The number of aromatic carboxylic acids is 1. The number of carboxylic acids is 1. The van der Waals surface area contributed by atoms with Gasteiger partial charge in [0.2, 0.25) is 0 Å². The van der Waals surface area contributed by atoms with Gasteiger partial charge in [0, 0.05) is 6.92 Å². The van der Waals surface area contributed by atoms with Crippen LogP contribution in [0.3, 0.4) is 0 Å². The number of nitriles is 1. The molecule has 0 spiro atoms. The van der Waals surface area contributed by atoms with Crippen molar-refractivity contribution < 1.29 is 14.7 Å². The fraction of sp³-hybridized carbons (Fsp3) is 0.0769. The zero-order valence-electron chi connectivity index (χ0n) is 10.0. The summed E-state index contributed by atoms with van der Waals surface area (Å²) in [5.41, 5.74) is 0.949. The number of nitrogens with zero attached hydrogens (tertiary/aromatic N) is 2. The lowest BCUT2D eigenvalue weighted by Crippen LogP contribution is -1.89. The Labute approximate surface area is 113 Å². The van der Waals surface area contributed by atoms with Crippen molar-refractivity contribution in [1.82, 2.24) is 4.98 Å². The molecule has 2 aromatic heterocycles. The van der Waals surface area contributed by atoms with Gasteiger partial charge in [0.25, 0.3) is 0 Å². The number of carboxylic acid groups (broad SMARTS) is 1. The quantitative estimate of drug-likeness (QED) is 0.869. The summed E-state index contributed by atoms with van der Waals surface area (Å²) in [6.07, 6.45) is 0.662. The van der Waals surface area contributed by atoms with E-state index in [4.69, 9.17) is 10.4 Å². The molecule has 2 heterocycles. The monoisotopic (exact) mass is 274 g/mol. The molecule has 0 aromatic carbocycles. The third kappa shape index (κ3) is 4.01. The predicted octanol–water partition coefficient (Wildman–Crippen LogP) is 2.85. The first-order valence-electron chi connectivity index (χ1n) is 5.19. The average molecular weight is 274 g/mol. The molecular weight excluding hydrogens is 264 g/mol. The third-order valence-electron chi connectivity index (χ3n) is 1.96. The van der Waals surface area contributed by atoms with E-state index >= 15 is 0 Å². The van der Waals surface area contributed by atoms with Gasteiger partial charge in [0.15, 0.2) is 6.29 Å². The van der Waals surface area contributed by atoms with E-state index in [1.807, 2.05) is 0 Å². The molecule has 6 heteroatoms. The second-order valence-electron chi connectivity index (χ2n) is 3.26. The van der Waals surface area contributed by atoms with Crippen LogP contribution in [0.4, 0.5) is 0 Å². The Morgan fingerprint density at radius 2 is 2.11 bits per heavy atom. The summed E-state index contributed by atoms with van der Waals surface area (Å²) in [7, 11) is 0. The van der Waals surface area contributed by atoms with Gasteiger partial charge in [-0.2, -0.15) is 5.26 Å². The minimum Gasteiger partial charge on any atom is -0.477 e. The van der Waals surface area contributed by atoms with Gasteiger partial charge in [-0.05, 0) is 24.3 Å². The normalized spacial score (nSPS) is 8.84. The van der Waals surface area contributed by atoms with Gasteiger partial charge >= 0.3 is 5.97 Å². The summed E-state index contributed by atoms with van der Waals surface area (Å²) in [5, 5.41) is 16.1. The molecule has 96 valence electrons. The van der Waals surface area contributed by atoms with Gasteiger partial charge in [-0.3, -0.25) is 4.79 Å². The number of pyridine rings is 1. The SMILES string of the molecule is CC#N.O=Cc1cccc(-c2ccc(C(=O)O)s2)n1. The van der Waals surface area contributed by atoms with E-state index in [1.165, 1.54) is 13.0 Å². The van der Waals surface area contributed by atoms with Crippen molar-refractivity contribution >= 4 is 23.6 Å². The van der Waals surface area contributed by atoms with Crippen LogP contribution in [0.15, 0.2) is 30.3 Å². The lowest BCUT2D eigenvalue weighted by molar-refractivity contribution is 0.0702. The maximum absolute atomic E-state index is 10.7. The topological polar surface area (TPSA) is 91.0 Å². The molecule has 0 bridgehead atoms. The zero-order chi connectivity index (χ0) is 14.3. The van der Waals surface area contributed by atoms with Crippen LogP contribution in [0.5, 0.6) is 0 Å². The van der Waals surface area contributed by atoms with Crippen molar-refractivity contribution in [3.05, 3.63) is 40.9 Å². The number of carbonyl (C=O) groups excluding carboxylic acids is 1. The largest absolute Gasteiger partial charge is 0.477 e. The van der Waals surface area contributed by atoms with Gasteiger partial charge in [-0.1, -0.05) is 6.07 Å². The minimum absolute atomic E-state index is 0.258. The van der Waals surface area contributed by atoms with Crippen LogP contribution in [0, 0.1) is 11.3 Å². The van der Waals surface area contributed by atoms with E-state index in [1.54, 1.807) is 30.3 Å². The van der Waals surface area contributed by atoms with Gasteiger partial charge in [-0.25, -0.2) is 9.78 Å². The molecule has 2 aromatic rings. The summed E-state index contributed by atoms with van der Waals surface area (Å²) in [4.78, 5) is 26.3. The van der Waals surface area contributed by atoms with Crippen LogP contribution in [-0.2, 0) is 0 Å². The van der Waals surface area contributed by atoms with Crippen LogP contribution >= 0.6 is 11.3 Å². The number of aldehydes is 1. The summed E-state index contributed by atoms with van der Waals surface area (Å²) < 4.78 is 0. The first-order valence-corrected chi connectivity index (χ1v) is 6.00. The van der Waals surface area contributed by atoms with Crippen LogP contribution < -0.4 is 0 Å². The number of hydrogen-bond donors (Lipinski definition) is 1. The highest BCUT2D eigenvalue weighted by molar-refractivity contribution is 7.17. The highest BCUT2D eigenvalue weighted by atomic mass is 32.1. The molecule has 19 heavy (non-hydrogen) atoms. The molecule has 5 nitrogen and oxygen atoms in total. The van der Waals surface area contributed by atoms with Crippen molar-refractivity contribution in [2.24, 2.45) is 0 Å². The molecule has 0 fully saturated rings. The van der Waals surface area contributed by atoms with Gasteiger partial charge < -0.3 is 5.11 Å². The highest BCUT2D eigenvalue weighted by Gasteiger charge is 2.09. The highest BCUT2D eigenvalue weighted by Crippen LogP contribution is 2.26. The molecule has 0 atom stereocenters. The van der Waals surface area contributed by atoms with Crippen LogP contribution in [0.2, 0.25) is 0 Å². The van der Waals surface area contributed by atoms with E-state index < -0.39 is 5.97 Å². The van der Waals surface area contributed by atoms with E-state index in [-0.39, 0.29) is 4.88 Å². The number of aromatic nitrogens is 1. The van der Waals surface area contributed by atoms with Crippen molar-refractivity contribution in [2.45, 2.75) is 6.92 Å². The maximum Gasteiger partial charge on any atom is 0.345 e. The van der Waals surface area contributed by atoms with Crippen molar-refractivity contribution in [3.8, 4) is 16.6 Å². The molecular formula is C13H10N2O3S. The van der Waals surface area contributed by atoms with Gasteiger partial charge in [-0.15, -0.1) is 11.3 Å². The Morgan fingerprint density at radius 3 is 2.63 bits per heavy atom. The molecule has 0 unspecified atom stereocenters. The van der Waals surface area contributed by atoms with Crippen LogP contribution in [0.25, 0.3) is 10.6 Å². The zero-order valence-corrected chi connectivity index (χ0v) is 10.8. The smallest absolute Gasteiger partial charge is 0.345 e. The lowest BCUT2D eigenvalue weighted by atomic mass is 10.3. The lowest BCUT2D eigenvalue weighted by Gasteiger charge is -1.96. The average Bonchev–Trinajstić information content (AvgIpc) is 2.89. The molecule has 0 saturated carbocycles. The van der Waals surface area contributed by atoms with E-state index in [9.17, 15) is 9.59 Å². The molecule has 0 amide bonds. The standard InChI is InChI=1S/C11H7NO3S.C2H3N/c13-6-7-2-1-3-8(12-7)9-4-5-10(16-9)11(14)15;1-2-3/h1-6H,(H,14,15);1H3. The van der Waals surface area contributed by atoms with E-state index in [0.29, 0.717) is 17.7 Å². The number of carbonyl (C=O) groups is 2. The third-order valence-corrected chi connectivity index (χ3v) is 3.06. The Hall–Kier alpha value is -2.52. The molecule has 0 aliphatic rings. The fourth-order valence-electron chi connectivity index (χ4n) is 1.24. The van der Waals surface area contributed by atoms with E-state index in [0.717, 1.165) is 16.2 Å². The summed E-state index contributed by atoms with van der Waals surface area (Å²) in [6.45, 7) is 1.43. The Bertz CT molecular complexity index is 629. The fourth-order valence-corrected chi connectivity index (χ4v) is 2.06. The maximum atomic E-state index is 10.7. The summed E-state index contributed by atoms with van der Waals surface area (Å²) in [5.74, 6) is -0.956. The molecule has 0 radical (unpaired) electrons. The Morgan fingerprint density at radius 1 is 1.42 bits per heavy atom. The predicted molar refractivity (Wildman–Crippen MR) is 71.2 cm³/mol. The van der Waals surface area contributed by atoms with E-state index in [2.05, 4.69) is 4.98 Å².